The smallest absolute Gasteiger partial charge is 0.258 e. The first kappa shape index (κ1) is 16.3. The molecule has 1 aliphatic carbocycles. The van der Waals surface area contributed by atoms with Crippen molar-refractivity contribution in [2.45, 2.75) is 25.0 Å². The van der Waals surface area contributed by atoms with E-state index in [2.05, 4.69) is 5.32 Å². The molecule has 1 aliphatic heterocycles. The molecule has 1 aromatic heterocycles. The van der Waals surface area contributed by atoms with Crippen molar-refractivity contribution < 1.29 is 9.53 Å². The van der Waals surface area contributed by atoms with E-state index in [-0.39, 0.29) is 12.1 Å². The van der Waals surface area contributed by atoms with E-state index in [1.54, 1.807) is 18.4 Å². The van der Waals surface area contributed by atoms with Crippen LogP contribution >= 0.6 is 11.3 Å². The van der Waals surface area contributed by atoms with Gasteiger partial charge in [-0.2, -0.15) is 0 Å². The number of carbonyl (C=O) groups is 1. The zero-order valence-corrected chi connectivity index (χ0v) is 15.7. The first-order valence-corrected chi connectivity index (χ1v) is 9.90. The number of anilines is 1. The number of para-hydroxylation sites is 1. The molecule has 2 aliphatic rings. The number of fused-ring (bicyclic) bond motifs is 1. The maximum atomic E-state index is 13.1. The van der Waals surface area contributed by atoms with Crippen molar-refractivity contribution in [2.75, 3.05) is 12.4 Å². The number of methoxy groups -OCH3 is 1. The number of hydrogen-bond acceptors (Lipinski definition) is 5. The standard InChI is InChI=1S/C21H19N3O2S/c1-26-15-6-4-5-13(11-15)20-23-18(12-27-20)19-22-17-8-3-2-7-16(17)21(25)24(19)14-9-10-14/h2-8,11-12,14,19,22H,9-10H2,1H3. The van der Waals surface area contributed by atoms with Crippen LogP contribution < -0.4 is 10.1 Å². The van der Waals surface area contributed by atoms with Gasteiger partial charge in [0.1, 0.15) is 16.9 Å². The summed E-state index contributed by atoms with van der Waals surface area (Å²) < 4.78 is 5.32. The van der Waals surface area contributed by atoms with Gasteiger partial charge in [0.15, 0.2) is 0 Å². The van der Waals surface area contributed by atoms with E-state index < -0.39 is 0 Å². The third-order valence-corrected chi connectivity index (χ3v) is 5.93. The lowest BCUT2D eigenvalue weighted by atomic mass is 10.1. The van der Waals surface area contributed by atoms with Gasteiger partial charge in [-0.25, -0.2) is 4.98 Å². The van der Waals surface area contributed by atoms with Crippen LogP contribution in [0.4, 0.5) is 5.69 Å². The molecule has 3 aromatic rings. The Morgan fingerprint density at radius 2 is 2.04 bits per heavy atom. The van der Waals surface area contributed by atoms with Gasteiger partial charge >= 0.3 is 0 Å². The summed E-state index contributed by atoms with van der Waals surface area (Å²) in [5, 5.41) is 6.50. The van der Waals surface area contributed by atoms with Crippen LogP contribution in [0.2, 0.25) is 0 Å². The first-order chi connectivity index (χ1) is 13.2. The Hall–Kier alpha value is -2.86. The average Bonchev–Trinajstić information content (AvgIpc) is 3.43. The predicted molar refractivity (Wildman–Crippen MR) is 106 cm³/mol. The lowest BCUT2D eigenvalue weighted by molar-refractivity contribution is 0.0663. The van der Waals surface area contributed by atoms with Crippen LogP contribution in [0.5, 0.6) is 5.75 Å². The Balaban J connectivity index is 1.52. The summed E-state index contributed by atoms with van der Waals surface area (Å²) in [7, 11) is 1.66. The summed E-state index contributed by atoms with van der Waals surface area (Å²) in [6, 6.07) is 15.9. The van der Waals surface area contributed by atoms with E-state index in [1.807, 2.05) is 58.8 Å². The average molecular weight is 377 g/mol. The van der Waals surface area contributed by atoms with E-state index in [0.717, 1.165) is 46.1 Å². The normalized spacial score (nSPS) is 18.8. The Labute approximate surface area is 161 Å². The highest BCUT2D eigenvalue weighted by molar-refractivity contribution is 7.13. The van der Waals surface area contributed by atoms with Gasteiger partial charge in [-0.15, -0.1) is 11.3 Å². The molecule has 1 amide bonds. The van der Waals surface area contributed by atoms with Crippen molar-refractivity contribution in [3.8, 4) is 16.3 Å². The maximum absolute atomic E-state index is 13.1. The quantitative estimate of drug-likeness (QED) is 0.725. The number of thiazole rings is 1. The highest BCUT2D eigenvalue weighted by atomic mass is 32.1. The van der Waals surface area contributed by atoms with Gasteiger partial charge in [0.05, 0.1) is 18.4 Å². The molecular weight excluding hydrogens is 358 g/mol. The van der Waals surface area contributed by atoms with Crippen LogP contribution in [0.3, 0.4) is 0 Å². The fraction of sp³-hybridized carbons (Fsp3) is 0.238. The molecule has 27 heavy (non-hydrogen) atoms. The first-order valence-electron chi connectivity index (χ1n) is 9.02. The van der Waals surface area contributed by atoms with E-state index in [1.165, 1.54) is 0 Å². The molecule has 5 nitrogen and oxygen atoms in total. The van der Waals surface area contributed by atoms with Crippen molar-refractivity contribution in [1.82, 2.24) is 9.88 Å². The second-order valence-electron chi connectivity index (χ2n) is 6.85. The Bertz CT molecular complexity index is 1010. The third kappa shape index (κ3) is 2.86. The summed E-state index contributed by atoms with van der Waals surface area (Å²) in [4.78, 5) is 19.9. The molecule has 1 fully saturated rings. The number of benzene rings is 2. The number of hydrogen-bond donors (Lipinski definition) is 1. The Morgan fingerprint density at radius 3 is 2.85 bits per heavy atom. The van der Waals surface area contributed by atoms with Crippen LogP contribution in [0.25, 0.3) is 10.6 Å². The summed E-state index contributed by atoms with van der Waals surface area (Å²) in [6.07, 6.45) is 1.88. The minimum absolute atomic E-state index is 0.0905. The van der Waals surface area contributed by atoms with Crippen molar-refractivity contribution in [3.63, 3.8) is 0 Å². The van der Waals surface area contributed by atoms with Gasteiger partial charge in [-0.05, 0) is 37.1 Å². The number of amides is 1. The van der Waals surface area contributed by atoms with Gasteiger partial charge in [0, 0.05) is 22.7 Å². The van der Waals surface area contributed by atoms with Crippen LogP contribution in [0.1, 0.15) is 35.1 Å². The molecule has 0 saturated heterocycles. The van der Waals surface area contributed by atoms with E-state index in [9.17, 15) is 4.79 Å². The molecule has 6 heteroatoms. The summed E-state index contributed by atoms with van der Waals surface area (Å²) in [5.74, 6) is 0.900. The SMILES string of the molecule is COc1cccc(-c2nc(C3Nc4ccccc4C(=O)N3C3CC3)cs2)c1. The molecule has 1 N–H and O–H groups in total. The minimum Gasteiger partial charge on any atom is -0.497 e. The molecule has 136 valence electrons. The highest BCUT2D eigenvalue weighted by Gasteiger charge is 2.42. The molecule has 0 radical (unpaired) electrons. The van der Waals surface area contributed by atoms with Crippen LogP contribution in [-0.4, -0.2) is 28.9 Å². The van der Waals surface area contributed by atoms with Crippen molar-refractivity contribution in [2.24, 2.45) is 0 Å². The summed E-state index contributed by atoms with van der Waals surface area (Å²) in [5.41, 5.74) is 3.52. The second kappa shape index (κ2) is 6.39. The second-order valence-corrected chi connectivity index (χ2v) is 7.70. The maximum Gasteiger partial charge on any atom is 0.258 e. The van der Waals surface area contributed by atoms with Gasteiger partial charge in [0.2, 0.25) is 0 Å². The molecule has 2 aromatic carbocycles. The summed E-state index contributed by atoms with van der Waals surface area (Å²) >= 11 is 1.59. The predicted octanol–water partition coefficient (Wildman–Crippen LogP) is 4.55. The zero-order valence-electron chi connectivity index (χ0n) is 14.9. The molecule has 0 spiro atoms. The van der Waals surface area contributed by atoms with Crippen LogP contribution in [-0.2, 0) is 0 Å². The number of carbonyl (C=O) groups excluding carboxylic acids is 1. The lowest BCUT2D eigenvalue weighted by Gasteiger charge is -2.37. The molecule has 1 unspecified atom stereocenters. The molecule has 2 heterocycles. The van der Waals surface area contributed by atoms with E-state index in [0.29, 0.717) is 6.04 Å². The van der Waals surface area contributed by atoms with Gasteiger partial charge in [0.25, 0.3) is 5.91 Å². The summed E-state index contributed by atoms with van der Waals surface area (Å²) in [6.45, 7) is 0. The third-order valence-electron chi connectivity index (χ3n) is 5.02. The van der Waals surface area contributed by atoms with E-state index >= 15 is 0 Å². The molecule has 5 rings (SSSR count). The molecule has 1 saturated carbocycles. The fourth-order valence-electron chi connectivity index (χ4n) is 3.51. The Kier molecular flexibility index (Phi) is 3.86. The number of aromatic nitrogens is 1. The van der Waals surface area contributed by atoms with Gasteiger partial charge in [-0.3, -0.25) is 4.79 Å². The molecule has 1 atom stereocenters. The lowest BCUT2D eigenvalue weighted by Crippen LogP contribution is -2.44. The van der Waals surface area contributed by atoms with Crippen molar-refractivity contribution in [1.29, 1.82) is 0 Å². The largest absolute Gasteiger partial charge is 0.497 e. The van der Waals surface area contributed by atoms with Crippen LogP contribution in [0.15, 0.2) is 53.9 Å². The minimum atomic E-state index is -0.226. The number of ether oxygens (including phenoxy) is 1. The highest BCUT2D eigenvalue weighted by Crippen LogP contribution is 2.41. The number of nitrogens with one attached hydrogen (secondary N) is 1. The van der Waals surface area contributed by atoms with Crippen LogP contribution in [0, 0.1) is 0 Å². The molecule has 0 bridgehead atoms. The van der Waals surface area contributed by atoms with Crippen molar-refractivity contribution >= 4 is 22.9 Å². The molecular formula is C21H19N3O2S. The Morgan fingerprint density at radius 1 is 1.19 bits per heavy atom. The monoisotopic (exact) mass is 377 g/mol. The van der Waals surface area contributed by atoms with Gasteiger partial charge in [-0.1, -0.05) is 24.3 Å². The van der Waals surface area contributed by atoms with E-state index in [4.69, 9.17) is 9.72 Å². The fourth-order valence-corrected chi connectivity index (χ4v) is 4.35. The topological polar surface area (TPSA) is 54.5 Å². The number of rotatable bonds is 4. The van der Waals surface area contributed by atoms with Crippen molar-refractivity contribution in [3.05, 3.63) is 65.2 Å². The zero-order chi connectivity index (χ0) is 18.4. The van der Waals surface area contributed by atoms with Gasteiger partial charge < -0.3 is 15.0 Å². The number of nitrogens with zero attached hydrogens (tertiary/aromatic N) is 2.